The Morgan fingerprint density at radius 1 is 1.21 bits per heavy atom. The molecule has 19 heavy (non-hydrogen) atoms. The van der Waals surface area contributed by atoms with Crippen LogP contribution >= 0.6 is 15.9 Å². The lowest BCUT2D eigenvalue weighted by Gasteiger charge is -2.10. The Morgan fingerprint density at radius 2 is 1.95 bits per heavy atom. The fraction of sp³-hybridized carbons (Fsp3) is 0.200. The Bertz CT molecular complexity index is 572. The summed E-state index contributed by atoms with van der Waals surface area (Å²) in [6.07, 6.45) is 0.645. The highest BCUT2D eigenvalue weighted by Crippen LogP contribution is 2.31. The van der Waals surface area contributed by atoms with Gasteiger partial charge in [-0.2, -0.15) is 0 Å². The van der Waals surface area contributed by atoms with Gasteiger partial charge in [0.05, 0.1) is 4.47 Å². The van der Waals surface area contributed by atoms with Gasteiger partial charge in [-0.15, -0.1) is 0 Å². The maximum absolute atomic E-state index is 13.9. The molecule has 2 rings (SSSR count). The van der Waals surface area contributed by atoms with E-state index in [2.05, 4.69) is 15.9 Å². The third-order valence-electron chi connectivity index (χ3n) is 2.61. The average molecular weight is 324 g/mol. The number of hydrogen-bond donors (Lipinski definition) is 1. The van der Waals surface area contributed by atoms with Gasteiger partial charge in [-0.25, -0.2) is 4.39 Å². The van der Waals surface area contributed by atoms with Crippen LogP contribution in [-0.4, -0.2) is 6.04 Å². The van der Waals surface area contributed by atoms with Crippen LogP contribution in [0.3, 0.4) is 0 Å². The fourth-order valence-corrected chi connectivity index (χ4v) is 2.14. The van der Waals surface area contributed by atoms with Gasteiger partial charge in [0, 0.05) is 6.04 Å². The molecular formula is C15H15BrFNO. The molecule has 0 saturated carbocycles. The molecule has 0 amide bonds. The molecule has 2 nitrogen and oxygen atoms in total. The standard InChI is InChI=1S/C15H15BrFNO/c1-10(18)8-11-6-7-15(13(17)9-11)19-14-5-3-2-4-12(14)16/h2-7,9-10H,8,18H2,1H3. The summed E-state index contributed by atoms with van der Waals surface area (Å²) in [6, 6.07) is 12.3. The van der Waals surface area contributed by atoms with Gasteiger partial charge >= 0.3 is 0 Å². The number of hydrogen-bond acceptors (Lipinski definition) is 2. The first-order valence-electron chi connectivity index (χ1n) is 6.02. The molecule has 4 heteroatoms. The fourth-order valence-electron chi connectivity index (χ4n) is 1.77. The minimum Gasteiger partial charge on any atom is -0.453 e. The molecule has 100 valence electrons. The molecule has 2 aromatic carbocycles. The van der Waals surface area contributed by atoms with Crippen LogP contribution in [0.2, 0.25) is 0 Å². The first kappa shape index (κ1) is 14.0. The highest BCUT2D eigenvalue weighted by Gasteiger charge is 2.08. The predicted molar refractivity (Wildman–Crippen MR) is 78.0 cm³/mol. The summed E-state index contributed by atoms with van der Waals surface area (Å²) in [4.78, 5) is 0. The van der Waals surface area contributed by atoms with Gasteiger partial charge in [0.25, 0.3) is 0 Å². The lowest BCUT2D eigenvalue weighted by atomic mass is 10.1. The van der Waals surface area contributed by atoms with Crippen molar-refractivity contribution in [2.75, 3.05) is 0 Å². The second-order valence-corrected chi connectivity index (χ2v) is 5.33. The minimum atomic E-state index is -0.381. The monoisotopic (exact) mass is 323 g/mol. The van der Waals surface area contributed by atoms with Gasteiger partial charge in [0.15, 0.2) is 11.6 Å². The van der Waals surface area contributed by atoms with E-state index in [-0.39, 0.29) is 17.6 Å². The summed E-state index contributed by atoms with van der Waals surface area (Å²) in [6.45, 7) is 1.89. The molecule has 1 unspecified atom stereocenters. The lowest BCUT2D eigenvalue weighted by Crippen LogP contribution is -2.17. The molecule has 0 heterocycles. The van der Waals surface area contributed by atoms with Crippen molar-refractivity contribution in [3.63, 3.8) is 0 Å². The zero-order valence-electron chi connectivity index (χ0n) is 10.6. The van der Waals surface area contributed by atoms with Crippen molar-refractivity contribution < 1.29 is 9.13 Å². The molecule has 1 atom stereocenters. The second-order valence-electron chi connectivity index (χ2n) is 4.48. The van der Waals surface area contributed by atoms with Crippen molar-refractivity contribution >= 4 is 15.9 Å². The molecule has 0 aliphatic carbocycles. The van der Waals surface area contributed by atoms with E-state index in [0.717, 1.165) is 10.0 Å². The van der Waals surface area contributed by atoms with Gasteiger partial charge in [-0.1, -0.05) is 18.2 Å². The average Bonchev–Trinajstić information content (AvgIpc) is 2.34. The summed E-state index contributed by atoms with van der Waals surface area (Å²) in [5.74, 6) is 0.413. The minimum absolute atomic E-state index is 0.00874. The third-order valence-corrected chi connectivity index (χ3v) is 3.27. The molecule has 0 spiro atoms. The molecule has 0 fully saturated rings. The van der Waals surface area contributed by atoms with Crippen LogP contribution in [0.15, 0.2) is 46.9 Å². The molecular weight excluding hydrogens is 309 g/mol. The molecule has 0 saturated heterocycles. The largest absolute Gasteiger partial charge is 0.453 e. The van der Waals surface area contributed by atoms with E-state index in [4.69, 9.17) is 10.5 Å². The predicted octanol–water partition coefficient (Wildman–Crippen LogP) is 4.27. The highest BCUT2D eigenvalue weighted by atomic mass is 79.9. The first-order valence-corrected chi connectivity index (χ1v) is 6.82. The van der Waals surface area contributed by atoms with Crippen molar-refractivity contribution in [2.24, 2.45) is 5.73 Å². The van der Waals surface area contributed by atoms with Crippen molar-refractivity contribution in [1.29, 1.82) is 0 Å². The zero-order chi connectivity index (χ0) is 13.8. The van der Waals surface area contributed by atoms with E-state index in [1.807, 2.05) is 31.2 Å². The number of nitrogens with two attached hydrogens (primary N) is 1. The van der Waals surface area contributed by atoms with Crippen molar-refractivity contribution in [3.05, 3.63) is 58.3 Å². The summed E-state index contributed by atoms with van der Waals surface area (Å²) in [5.41, 5.74) is 6.56. The number of ether oxygens (including phenoxy) is 1. The highest BCUT2D eigenvalue weighted by molar-refractivity contribution is 9.10. The van der Waals surface area contributed by atoms with E-state index >= 15 is 0 Å². The van der Waals surface area contributed by atoms with Crippen LogP contribution in [0.25, 0.3) is 0 Å². The van der Waals surface area contributed by atoms with Crippen molar-refractivity contribution in [2.45, 2.75) is 19.4 Å². The Labute approximate surface area is 120 Å². The third kappa shape index (κ3) is 3.78. The van der Waals surface area contributed by atoms with Gasteiger partial charge in [0.1, 0.15) is 5.75 Å². The van der Waals surface area contributed by atoms with Crippen LogP contribution in [0.5, 0.6) is 11.5 Å². The molecule has 0 aromatic heterocycles. The Balaban J connectivity index is 2.20. The van der Waals surface area contributed by atoms with Crippen LogP contribution in [0.4, 0.5) is 4.39 Å². The quantitative estimate of drug-likeness (QED) is 0.911. The van der Waals surface area contributed by atoms with Crippen molar-refractivity contribution in [3.8, 4) is 11.5 Å². The Morgan fingerprint density at radius 3 is 2.58 bits per heavy atom. The summed E-state index contributed by atoms with van der Waals surface area (Å²) < 4.78 is 20.3. The van der Waals surface area contributed by atoms with Crippen LogP contribution in [0.1, 0.15) is 12.5 Å². The normalized spacial score (nSPS) is 12.2. The second kappa shape index (κ2) is 6.17. The maximum atomic E-state index is 13.9. The van der Waals surface area contributed by atoms with E-state index in [1.54, 1.807) is 12.1 Å². The number of para-hydroxylation sites is 1. The summed E-state index contributed by atoms with van der Waals surface area (Å²) >= 11 is 3.36. The van der Waals surface area contributed by atoms with E-state index < -0.39 is 0 Å². The van der Waals surface area contributed by atoms with Gasteiger partial charge < -0.3 is 10.5 Å². The van der Waals surface area contributed by atoms with Gasteiger partial charge in [0.2, 0.25) is 0 Å². The van der Waals surface area contributed by atoms with E-state index in [0.29, 0.717) is 12.2 Å². The summed E-state index contributed by atoms with van der Waals surface area (Å²) in [5, 5.41) is 0. The Hall–Kier alpha value is -1.39. The molecule has 0 bridgehead atoms. The van der Waals surface area contributed by atoms with E-state index in [9.17, 15) is 4.39 Å². The molecule has 2 N–H and O–H groups in total. The molecule has 0 radical (unpaired) electrons. The molecule has 0 aliphatic rings. The molecule has 2 aromatic rings. The van der Waals surface area contributed by atoms with Gasteiger partial charge in [-0.3, -0.25) is 0 Å². The lowest BCUT2D eigenvalue weighted by molar-refractivity contribution is 0.439. The smallest absolute Gasteiger partial charge is 0.165 e. The maximum Gasteiger partial charge on any atom is 0.165 e. The zero-order valence-corrected chi connectivity index (χ0v) is 12.2. The number of benzene rings is 2. The number of rotatable bonds is 4. The van der Waals surface area contributed by atoms with Crippen molar-refractivity contribution in [1.82, 2.24) is 0 Å². The first-order chi connectivity index (χ1) is 9.06. The van der Waals surface area contributed by atoms with Crippen LogP contribution < -0.4 is 10.5 Å². The van der Waals surface area contributed by atoms with Crippen LogP contribution in [-0.2, 0) is 6.42 Å². The topological polar surface area (TPSA) is 35.2 Å². The molecule has 0 aliphatic heterocycles. The van der Waals surface area contributed by atoms with Gasteiger partial charge in [-0.05, 0) is 59.1 Å². The Kier molecular flexibility index (Phi) is 4.56. The van der Waals surface area contributed by atoms with E-state index in [1.165, 1.54) is 6.07 Å². The SMILES string of the molecule is CC(N)Cc1ccc(Oc2ccccc2Br)c(F)c1. The number of halogens is 2. The van der Waals surface area contributed by atoms with Crippen LogP contribution in [0, 0.1) is 5.82 Å². The summed E-state index contributed by atoms with van der Waals surface area (Å²) in [7, 11) is 0.